The molecule has 1 aromatic carbocycles. The molecule has 0 saturated carbocycles. The molecule has 0 unspecified atom stereocenters. The second-order valence-corrected chi connectivity index (χ2v) is 10.2. The number of alkyl halides is 4. The Balaban J connectivity index is 2.06. The molecule has 3 aromatic rings. The van der Waals surface area contributed by atoms with Crippen molar-refractivity contribution in [2.75, 3.05) is 17.5 Å². The fraction of sp³-hybridized carbons (Fsp3) is 0.217. The van der Waals surface area contributed by atoms with Gasteiger partial charge < -0.3 is 10.1 Å². The Morgan fingerprint density at radius 2 is 1.89 bits per heavy atom. The normalized spacial score (nSPS) is 13.0. The molecule has 1 atom stereocenters. The van der Waals surface area contributed by atoms with Gasteiger partial charge in [-0.05, 0) is 49.7 Å². The Bertz CT molecular complexity index is 1500. The quantitative estimate of drug-likeness (QED) is 0.242. The van der Waals surface area contributed by atoms with E-state index in [0.717, 1.165) is 13.0 Å². The highest BCUT2D eigenvalue weighted by atomic mass is 35.5. The first-order valence-corrected chi connectivity index (χ1v) is 12.8. The molecule has 8 nitrogen and oxygen atoms in total. The summed E-state index contributed by atoms with van der Waals surface area (Å²) >= 11 is 5.42. The van der Waals surface area contributed by atoms with E-state index in [9.17, 15) is 31.4 Å². The molecular weight excluding hydrogens is 540 g/mol. The molecule has 37 heavy (non-hydrogen) atoms. The Hall–Kier alpha value is -3.58. The minimum Gasteiger partial charge on any atom is -0.436 e. The number of ether oxygens (including phenoxy) is 1. The molecule has 0 aliphatic carbocycles. The maximum Gasteiger partial charge on any atom is 0.418 e. The number of pyridine rings is 2. The predicted molar refractivity (Wildman–Crippen MR) is 128 cm³/mol. The lowest BCUT2D eigenvalue weighted by Crippen LogP contribution is -2.19. The topological polar surface area (TPSA) is 111 Å². The summed E-state index contributed by atoms with van der Waals surface area (Å²) in [5, 5.41) is 2.43. The summed E-state index contributed by atoms with van der Waals surface area (Å²) in [6, 6.07) is 7.64. The molecule has 3 rings (SSSR count). The second kappa shape index (κ2) is 10.8. The van der Waals surface area contributed by atoms with E-state index in [2.05, 4.69) is 19.6 Å². The smallest absolute Gasteiger partial charge is 0.418 e. The molecule has 2 amide bonds. The number of aryl methyl sites for hydroxylation is 1. The predicted octanol–water partition coefficient (Wildman–Crippen LogP) is 5.52. The Labute approximate surface area is 214 Å². The van der Waals surface area contributed by atoms with Gasteiger partial charge in [0.1, 0.15) is 11.4 Å². The lowest BCUT2D eigenvalue weighted by Gasteiger charge is -2.17. The minimum absolute atomic E-state index is 0.0274. The summed E-state index contributed by atoms with van der Waals surface area (Å²) in [5.74, 6) is -3.60. The van der Waals surface area contributed by atoms with Crippen molar-refractivity contribution < 1.29 is 36.1 Å². The van der Waals surface area contributed by atoms with E-state index < -0.39 is 62.1 Å². The van der Waals surface area contributed by atoms with Crippen LogP contribution in [0, 0.1) is 19.8 Å². The molecule has 0 radical (unpaired) electrons. The van der Waals surface area contributed by atoms with Crippen molar-refractivity contribution >= 4 is 38.8 Å². The average molecular weight is 559 g/mol. The van der Waals surface area contributed by atoms with Gasteiger partial charge in [0.15, 0.2) is 5.75 Å². The first-order chi connectivity index (χ1) is 17.2. The van der Waals surface area contributed by atoms with E-state index in [1.165, 1.54) is 43.5 Å². The number of benzene rings is 1. The molecule has 2 heterocycles. The molecule has 0 aliphatic heterocycles. The van der Waals surface area contributed by atoms with Crippen LogP contribution in [0.2, 0.25) is 0 Å². The number of hydrogen-bond donors (Lipinski definition) is 1. The van der Waals surface area contributed by atoms with Crippen LogP contribution in [0.5, 0.6) is 11.6 Å². The number of aromatic nitrogens is 2. The largest absolute Gasteiger partial charge is 0.436 e. The van der Waals surface area contributed by atoms with E-state index in [-0.39, 0.29) is 22.0 Å². The Kier molecular flexibility index (Phi) is 8.18. The van der Waals surface area contributed by atoms with Crippen LogP contribution in [-0.2, 0) is 20.7 Å². The number of carbonyl (C=O) groups excluding carboxylic acids is 2. The number of amides is 2. The molecule has 0 aliphatic rings. The molecule has 196 valence electrons. The van der Waals surface area contributed by atoms with E-state index in [1.807, 2.05) is 0 Å². The summed E-state index contributed by atoms with van der Waals surface area (Å²) < 4.78 is 76.0. The summed E-state index contributed by atoms with van der Waals surface area (Å²) in [7, 11) is -3.22. The zero-order valence-corrected chi connectivity index (χ0v) is 21.1. The van der Waals surface area contributed by atoms with Gasteiger partial charge in [-0.3, -0.25) is 9.59 Å². The zero-order valence-electron chi connectivity index (χ0n) is 19.5. The minimum atomic E-state index is -4.82. The van der Waals surface area contributed by atoms with E-state index in [0.29, 0.717) is 6.20 Å². The molecule has 0 spiro atoms. The number of nitrogens with one attached hydrogen (secondary N) is 1. The fourth-order valence-electron chi connectivity index (χ4n) is 3.21. The molecule has 0 saturated heterocycles. The fourth-order valence-corrected chi connectivity index (χ4v) is 4.58. The lowest BCUT2D eigenvalue weighted by atomic mass is 10.0. The summed E-state index contributed by atoms with van der Waals surface area (Å²) in [5.41, 5.74) is -2.05. The molecule has 0 fully saturated rings. The van der Waals surface area contributed by atoms with Gasteiger partial charge in [0, 0.05) is 23.0 Å². The number of anilines is 1. The third-order valence-electron chi connectivity index (χ3n) is 4.97. The third kappa shape index (κ3) is 6.60. The highest BCUT2D eigenvalue weighted by Crippen LogP contribution is 2.37. The average Bonchev–Trinajstić information content (AvgIpc) is 2.80. The molecule has 2 aromatic heterocycles. The summed E-state index contributed by atoms with van der Waals surface area (Å²) in [4.78, 5) is 32.1. The van der Waals surface area contributed by atoms with Crippen molar-refractivity contribution in [3.63, 3.8) is 0 Å². The SMILES string of the molecule is Cc1nc(F)ccc1Oc1ncc(C(F)(F)F)c(C)c1C(=O)Nc1cccc([S@@](C)(=O)=NC(=O)CCl)c1. The summed E-state index contributed by atoms with van der Waals surface area (Å²) in [6.45, 7) is 2.48. The summed E-state index contributed by atoms with van der Waals surface area (Å²) in [6.07, 6.45) is -3.09. The zero-order chi connectivity index (χ0) is 27.5. The van der Waals surface area contributed by atoms with Crippen LogP contribution in [0.25, 0.3) is 0 Å². The van der Waals surface area contributed by atoms with Crippen molar-refractivity contribution in [3.8, 4) is 11.6 Å². The van der Waals surface area contributed by atoms with Crippen LogP contribution >= 0.6 is 11.6 Å². The second-order valence-electron chi connectivity index (χ2n) is 7.70. The first kappa shape index (κ1) is 28.0. The van der Waals surface area contributed by atoms with Gasteiger partial charge in [-0.25, -0.2) is 14.2 Å². The number of nitrogens with zero attached hydrogens (tertiary/aromatic N) is 3. The van der Waals surface area contributed by atoms with E-state index in [1.54, 1.807) is 0 Å². The van der Waals surface area contributed by atoms with Gasteiger partial charge in [0.2, 0.25) is 11.8 Å². The van der Waals surface area contributed by atoms with Gasteiger partial charge in [-0.15, -0.1) is 11.6 Å². The van der Waals surface area contributed by atoms with Crippen LogP contribution in [0.3, 0.4) is 0 Å². The van der Waals surface area contributed by atoms with Gasteiger partial charge >= 0.3 is 6.18 Å². The van der Waals surface area contributed by atoms with Crippen molar-refractivity contribution in [1.29, 1.82) is 0 Å². The maximum atomic E-state index is 13.6. The van der Waals surface area contributed by atoms with Crippen LogP contribution in [0.15, 0.2) is 51.9 Å². The monoisotopic (exact) mass is 558 g/mol. The number of halogens is 5. The number of hydrogen-bond acceptors (Lipinski definition) is 6. The molecule has 14 heteroatoms. The standard InChI is InChI=1S/C23H19ClF4N4O4S/c1-12-16(23(26,27)28)11-29-22(36-17-7-8-18(25)30-13(17)2)20(12)21(34)31-14-5-4-6-15(9-14)37(3,35)32-19(33)10-24/h4-9,11H,10H2,1-3H3,(H,31,34)/t37-/m1/s1. The van der Waals surface area contributed by atoms with Gasteiger partial charge in [0.25, 0.3) is 11.8 Å². The molecule has 1 N–H and O–H groups in total. The third-order valence-corrected chi connectivity index (χ3v) is 6.88. The molecule has 0 bridgehead atoms. The molecular formula is C23H19ClF4N4O4S. The van der Waals surface area contributed by atoms with Gasteiger partial charge in [-0.2, -0.15) is 21.9 Å². The highest BCUT2D eigenvalue weighted by molar-refractivity contribution is 7.93. The van der Waals surface area contributed by atoms with Crippen molar-refractivity contribution in [2.45, 2.75) is 24.9 Å². The van der Waals surface area contributed by atoms with Gasteiger partial charge in [0.05, 0.1) is 21.0 Å². The van der Waals surface area contributed by atoms with Crippen molar-refractivity contribution in [2.24, 2.45) is 4.36 Å². The van der Waals surface area contributed by atoms with E-state index in [4.69, 9.17) is 16.3 Å². The maximum absolute atomic E-state index is 13.6. The Morgan fingerprint density at radius 3 is 2.51 bits per heavy atom. The van der Waals surface area contributed by atoms with Crippen LogP contribution in [-0.4, -0.2) is 38.1 Å². The van der Waals surface area contributed by atoms with Crippen LogP contribution in [0.1, 0.15) is 27.2 Å². The number of carbonyl (C=O) groups is 2. The van der Waals surface area contributed by atoms with E-state index >= 15 is 0 Å². The van der Waals surface area contributed by atoms with Crippen LogP contribution < -0.4 is 10.1 Å². The first-order valence-electron chi connectivity index (χ1n) is 10.3. The van der Waals surface area contributed by atoms with Gasteiger partial charge in [-0.1, -0.05) is 6.07 Å². The van der Waals surface area contributed by atoms with Crippen molar-refractivity contribution in [1.82, 2.24) is 9.97 Å². The highest BCUT2D eigenvalue weighted by Gasteiger charge is 2.36. The Morgan fingerprint density at radius 1 is 1.19 bits per heavy atom. The van der Waals surface area contributed by atoms with Crippen molar-refractivity contribution in [3.05, 3.63) is 70.9 Å². The van der Waals surface area contributed by atoms with Crippen LogP contribution in [0.4, 0.5) is 23.2 Å². The lowest BCUT2D eigenvalue weighted by molar-refractivity contribution is -0.138. The number of rotatable bonds is 6.